The van der Waals surface area contributed by atoms with E-state index in [1.807, 2.05) is 55.6 Å². The molecule has 146 valence electrons. The lowest BCUT2D eigenvalue weighted by molar-refractivity contribution is -0.133. The van der Waals surface area contributed by atoms with E-state index in [4.69, 9.17) is 0 Å². The molecule has 4 aromatic rings. The maximum Gasteiger partial charge on any atom is 0.248 e. The molecule has 0 bridgehead atoms. The molecule has 2 aromatic heterocycles. The van der Waals surface area contributed by atoms with E-state index in [0.29, 0.717) is 24.5 Å². The van der Waals surface area contributed by atoms with E-state index in [1.165, 1.54) is 11.3 Å². The third kappa shape index (κ3) is 3.17. The SMILES string of the molecule is Cc1cccc2sc(NC(=O)C3CCC(=O)N3Cc3c[nH]c4ccccc34)nc12. The van der Waals surface area contributed by atoms with E-state index < -0.39 is 6.04 Å². The van der Waals surface area contributed by atoms with Crippen molar-refractivity contribution in [2.75, 3.05) is 5.32 Å². The maximum absolute atomic E-state index is 13.0. The molecule has 1 fully saturated rings. The van der Waals surface area contributed by atoms with Crippen molar-refractivity contribution < 1.29 is 9.59 Å². The first-order valence-corrected chi connectivity index (χ1v) is 10.4. The average Bonchev–Trinajstić information content (AvgIpc) is 3.41. The Morgan fingerprint density at radius 1 is 1.28 bits per heavy atom. The van der Waals surface area contributed by atoms with Crippen LogP contribution in [0.1, 0.15) is 24.0 Å². The van der Waals surface area contributed by atoms with Crippen molar-refractivity contribution in [3.8, 4) is 0 Å². The fourth-order valence-electron chi connectivity index (χ4n) is 3.98. The summed E-state index contributed by atoms with van der Waals surface area (Å²) in [5.41, 5.74) is 4.03. The second-order valence-corrected chi connectivity index (χ2v) is 8.40. The molecule has 0 aliphatic carbocycles. The van der Waals surface area contributed by atoms with Crippen molar-refractivity contribution in [3.05, 3.63) is 59.8 Å². The first-order chi connectivity index (χ1) is 14.1. The lowest BCUT2D eigenvalue weighted by Gasteiger charge is -2.23. The largest absolute Gasteiger partial charge is 0.361 e. The lowest BCUT2D eigenvalue weighted by Crippen LogP contribution is -2.41. The first-order valence-electron chi connectivity index (χ1n) is 9.61. The van der Waals surface area contributed by atoms with Gasteiger partial charge in [-0.1, -0.05) is 41.7 Å². The molecule has 29 heavy (non-hydrogen) atoms. The first kappa shape index (κ1) is 17.9. The number of nitrogens with one attached hydrogen (secondary N) is 2. The van der Waals surface area contributed by atoms with Crippen molar-refractivity contribution in [2.24, 2.45) is 0 Å². The predicted octanol–water partition coefficient (Wildman–Crippen LogP) is 4.22. The Balaban J connectivity index is 1.38. The molecule has 0 spiro atoms. The van der Waals surface area contributed by atoms with Gasteiger partial charge in [0.25, 0.3) is 0 Å². The van der Waals surface area contributed by atoms with Crippen LogP contribution in [0.15, 0.2) is 48.7 Å². The van der Waals surface area contributed by atoms with Gasteiger partial charge in [-0.3, -0.25) is 9.59 Å². The Labute approximate surface area is 171 Å². The Kier molecular flexibility index (Phi) is 4.32. The topological polar surface area (TPSA) is 78.1 Å². The molecule has 1 aliphatic rings. The number of anilines is 1. The van der Waals surface area contributed by atoms with Crippen molar-refractivity contribution in [2.45, 2.75) is 32.4 Å². The minimum atomic E-state index is -0.482. The Morgan fingerprint density at radius 2 is 2.14 bits per heavy atom. The van der Waals surface area contributed by atoms with Gasteiger partial charge < -0.3 is 15.2 Å². The highest BCUT2D eigenvalue weighted by atomic mass is 32.1. The molecule has 2 N–H and O–H groups in total. The summed E-state index contributed by atoms with van der Waals surface area (Å²) in [5.74, 6) is -0.164. The summed E-state index contributed by atoms with van der Waals surface area (Å²) in [6, 6.07) is 13.5. The number of H-pyrrole nitrogens is 1. The van der Waals surface area contributed by atoms with E-state index in [1.54, 1.807) is 4.90 Å². The van der Waals surface area contributed by atoms with Crippen LogP contribution < -0.4 is 5.32 Å². The highest BCUT2D eigenvalue weighted by Gasteiger charge is 2.36. The number of hydrogen-bond acceptors (Lipinski definition) is 4. The zero-order valence-electron chi connectivity index (χ0n) is 15.9. The van der Waals surface area contributed by atoms with Gasteiger partial charge >= 0.3 is 0 Å². The van der Waals surface area contributed by atoms with E-state index in [0.717, 1.165) is 32.2 Å². The molecule has 1 aliphatic heterocycles. The molecular formula is C22H20N4O2S. The number of amides is 2. The van der Waals surface area contributed by atoms with E-state index in [2.05, 4.69) is 15.3 Å². The normalized spacial score (nSPS) is 16.8. The summed E-state index contributed by atoms with van der Waals surface area (Å²) < 4.78 is 1.04. The summed E-state index contributed by atoms with van der Waals surface area (Å²) in [6.45, 7) is 2.42. The summed E-state index contributed by atoms with van der Waals surface area (Å²) in [6.07, 6.45) is 2.83. The summed E-state index contributed by atoms with van der Waals surface area (Å²) in [7, 11) is 0. The minimum Gasteiger partial charge on any atom is -0.361 e. The molecule has 3 heterocycles. The fraction of sp³-hybridized carbons (Fsp3) is 0.227. The molecule has 5 rings (SSSR count). The predicted molar refractivity (Wildman–Crippen MR) is 115 cm³/mol. The number of carbonyl (C=O) groups excluding carboxylic acids is 2. The molecule has 1 unspecified atom stereocenters. The van der Waals surface area contributed by atoms with Crippen LogP contribution in [0.25, 0.3) is 21.1 Å². The van der Waals surface area contributed by atoms with Crippen LogP contribution in [-0.2, 0) is 16.1 Å². The Morgan fingerprint density at radius 3 is 3.00 bits per heavy atom. The average molecular weight is 404 g/mol. The molecule has 0 saturated carbocycles. The van der Waals surface area contributed by atoms with Gasteiger partial charge in [-0.25, -0.2) is 4.98 Å². The van der Waals surface area contributed by atoms with Crippen molar-refractivity contribution >= 4 is 49.4 Å². The molecule has 2 amide bonds. The van der Waals surface area contributed by atoms with Crippen LogP contribution in [0.5, 0.6) is 0 Å². The van der Waals surface area contributed by atoms with Gasteiger partial charge in [0.15, 0.2) is 5.13 Å². The number of nitrogens with zero attached hydrogens (tertiary/aromatic N) is 2. The van der Waals surface area contributed by atoms with Crippen LogP contribution in [0.4, 0.5) is 5.13 Å². The molecule has 7 heteroatoms. The van der Waals surface area contributed by atoms with E-state index in [9.17, 15) is 9.59 Å². The second kappa shape index (κ2) is 7.00. The van der Waals surface area contributed by atoms with Gasteiger partial charge in [-0.15, -0.1) is 0 Å². The van der Waals surface area contributed by atoms with Crippen molar-refractivity contribution in [1.82, 2.24) is 14.9 Å². The number of carbonyl (C=O) groups is 2. The quantitative estimate of drug-likeness (QED) is 0.535. The van der Waals surface area contributed by atoms with Crippen LogP contribution in [0.2, 0.25) is 0 Å². The molecular weight excluding hydrogens is 384 g/mol. The summed E-state index contributed by atoms with van der Waals surface area (Å²) in [4.78, 5) is 35.0. The number of rotatable bonds is 4. The lowest BCUT2D eigenvalue weighted by atomic mass is 10.1. The zero-order valence-corrected chi connectivity index (χ0v) is 16.8. The molecule has 2 aromatic carbocycles. The third-order valence-electron chi connectivity index (χ3n) is 5.50. The van der Waals surface area contributed by atoms with Gasteiger partial charge in [0.05, 0.1) is 10.2 Å². The number of fused-ring (bicyclic) bond motifs is 2. The van der Waals surface area contributed by atoms with Crippen LogP contribution in [-0.4, -0.2) is 32.7 Å². The van der Waals surface area contributed by atoms with Crippen molar-refractivity contribution in [3.63, 3.8) is 0 Å². The smallest absolute Gasteiger partial charge is 0.248 e. The van der Waals surface area contributed by atoms with Crippen LogP contribution in [0, 0.1) is 6.92 Å². The Hall–Kier alpha value is -3.19. The highest BCUT2D eigenvalue weighted by Crippen LogP contribution is 2.30. The van der Waals surface area contributed by atoms with Gasteiger partial charge in [-0.2, -0.15) is 0 Å². The number of likely N-dealkylation sites (tertiary alicyclic amines) is 1. The monoisotopic (exact) mass is 404 g/mol. The number of aromatic amines is 1. The molecule has 0 radical (unpaired) electrons. The van der Waals surface area contributed by atoms with Crippen molar-refractivity contribution in [1.29, 1.82) is 0 Å². The van der Waals surface area contributed by atoms with Crippen LogP contribution >= 0.6 is 11.3 Å². The number of aromatic nitrogens is 2. The number of para-hydroxylation sites is 2. The number of hydrogen-bond donors (Lipinski definition) is 2. The fourth-order valence-corrected chi connectivity index (χ4v) is 4.93. The Bertz CT molecular complexity index is 1240. The van der Waals surface area contributed by atoms with E-state index in [-0.39, 0.29) is 11.8 Å². The zero-order chi connectivity index (χ0) is 20.0. The van der Waals surface area contributed by atoms with Gasteiger partial charge in [0.2, 0.25) is 11.8 Å². The third-order valence-corrected chi connectivity index (χ3v) is 6.43. The van der Waals surface area contributed by atoms with Gasteiger partial charge in [-0.05, 0) is 36.6 Å². The molecule has 1 atom stereocenters. The van der Waals surface area contributed by atoms with Gasteiger partial charge in [0, 0.05) is 30.1 Å². The number of benzene rings is 2. The molecule has 6 nitrogen and oxygen atoms in total. The number of aryl methyl sites for hydroxylation is 1. The summed E-state index contributed by atoms with van der Waals surface area (Å²) in [5, 5.41) is 4.59. The van der Waals surface area contributed by atoms with Crippen LogP contribution in [0.3, 0.4) is 0 Å². The standard InChI is InChI=1S/C22H20N4O2S/c1-13-5-4-8-18-20(13)24-22(29-18)25-21(28)17-9-10-19(27)26(17)12-14-11-23-16-7-3-2-6-15(14)16/h2-8,11,17,23H,9-10,12H2,1H3,(H,24,25,28). The second-order valence-electron chi connectivity index (χ2n) is 7.37. The molecule has 1 saturated heterocycles. The van der Waals surface area contributed by atoms with Gasteiger partial charge in [0.1, 0.15) is 6.04 Å². The highest BCUT2D eigenvalue weighted by molar-refractivity contribution is 7.22. The number of thiazole rings is 1. The summed E-state index contributed by atoms with van der Waals surface area (Å²) >= 11 is 1.46. The maximum atomic E-state index is 13.0. The van der Waals surface area contributed by atoms with E-state index >= 15 is 0 Å². The minimum absolute atomic E-state index is 0.00979.